The monoisotopic (exact) mass is 243 g/mol. The number of nitrogens with one attached hydrogen (secondary N) is 1. The number of thioether (sulfide) groups is 1. The molecule has 0 fully saturated rings. The van der Waals surface area contributed by atoms with E-state index >= 15 is 0 Å². The topological polar surface area (TPSA) is 84.2 Å². The van der Waals surface area contributed by atoms with Gasteiger partial charge in [-0.25, -0.2) is 0 Å². The Bertz CT molecular complexity index is 378. The summed E-state index contributed by atoms with van der Waals surface area (Å²) in [6, 6.07) is 0. The fraction of sp³-hybridized carbons (Fsp3) is 0.444. The van der Waals surface area contributed by atoms with Gasteiger partial charge in [0.25, 0.3) is 5.91 Å². The van der Waals surface area contributed by atoms with E-state index in [4.69, 9.17) is 5.11 Å². The molecule has 0 unspecified atom stereocenters. The van der Waals surface area contributed by atoms with Crippen molar-refractivity contribution in [2.45, 2.75) is 0 Å². The number of carboxylic acids is 1. The van der Waals surface area contributed by atoms with Crippen LogP contribution in [-0.2, 0) is 11.8 Å². The zero-order valence-corrected chi connectivity index (χ0v) is 9.66. The third kappa shape index (κ3) is 4.35. The third-order valence-electron chi connectivity index (χ3n) is 1.72. The molecule has 1 rings (SSSR count). The molecule has 1 amide bonds. The van der Waals surface area contributed by atoms with Crippen LogP contribution < -0.4 is 5.32 Å². The molecule has 0 bridgehead atoms. The molecule has 0 spiro atoms. The van der Waals surface area contributed by atoms with E-state index in [0.29, 0.717) is 17.9 Å². The standard InChI is InChI=1S/C9H13N3O3S/c1-12-5-7(4-11-12)9(15)10-2-3-16-6-8(13)14/h4-5H,2-3,6H2,1H3,(H,10,15)(H,13,14). The summed E-state index contributed by atoms with van der Waals surface area (Å²) in [6.07, 6.45) is 3.11. The number of hydrogen-bond donors (Lipinski definition) is 2. The fourth-order valence-electron chi connectivity index (χ4n) is 1.04. The number of amides is 1. The second kappa shape index (κ2) is 6.16. The van der Waals surface area contributed by atoms with Gasteiger partial charge < -0.3 is 10.4 Å². The molecule has 0 saturated carbocycles. The van der Waals surface area contributed by atoms with Crippen LogP contribution >= 0.6 is 11.8 Å². The Morgan fingerprint density at radius 3 is 2.94 bits per heavy atom. The molecule has 0 aliphatic heterocycles. The smallest absolute Gasteiger partial charge is 0.313 e. The number of aromatic nitrogens is 2. The van der Waals surface area contributed by atoms with E-state index in [1.807, 2.05) is 0 Å². The molecule has 0 saturated heterocycles. The highest BCUT2D eigenvalue weighted by Crippen LogP contribution is 1.99. The van der Waals surface area contributed by atoms with Gasteiger partial charge in [-0.2, -0.15) is 5.10 Å². The quantitative estimate of drug-likeness (QED) is 0.685. The maximum absolute atomic E-state index is 11.5. The van der Waals surface area contributed by atoms with Gasteiger partial charge in [0.1, 0.15) is 0 Å². The highest BCUT2D eigenvalue weighted by molar-refractivity contribution is 7.99. The largest absolute Gasteiger partial charge is 0.481 e. The molecule has 0 aliphatic rings. The highest BCUT2D eigenvalue weighted by Gasteiger charge is 2.06. The van der Waals surface area contributed by atoms with Crippen LogP contribution in [-0.4, -0.2) is 44.8 Å². The highest BCUT2D eigenvalue weighted by atomic mass is 32.2. The average Bonchev–Trinajstić information content (AvgIpc) is 2.63. The first-order valence-corrected chi connectivity index (χ1v) is 5.81. The molecular formula is C9H13N3O3S. The van der Waals surface area contributed by atoms with Crippen LogP contribution in [0.2, 0.25) is 0 Å². The Balaban J connectivity index is 2.18. The fourth-order valence-corrected chi connectivity index (χ4v) is 1.60. The van der Waals surface area contributed by atoms with Crippen molar-refractivity contribution in [3.8, 4) is 0 Å². The Hall–Kier alpha value is -1.50. The van der Waals surface area contributed by atoms with Crippen LogP contribution in [0.3, 0.4) is 0 Å². The zero-order chi connectivity index (χ0) is 12.0. The van der Waals surface area contributed by atoms with Crippen molar-refractivity contribution in [1.29, 1.82) is 0 Å². The van der Waals surface area contributed by atoms with Gasteiger partial charge in [-0.05, 0) is 0 Å². The number of nitrogens with zero attached hydrogens (tertiary/aromatic N) is 2. The minimum absolute atomic E-state index is 0.0583. The van der Waals surface area contributed by atoms with Crippen molar-refractivity contribution in [2.24, 2.45) is 7.05 Å². The molecular weight excluding hydrogens is 230 g/mol. The predicted octanol–water partition coefficient (Wildman–Crippen LogP) is -0.0323. The first-order valence-electron chi connectivity index (χ1n) is 4.66. The van der Waals surface area contributed by atoms with Crippen molar-refractivity contribution in [1.82, 2.24) is 15.1 Å². The van der Waals surface area contributed by atoms with Gasteiger partial charge in [0.15, 0.2) is 0 Å². The number of carbonyl (C=O) groups excluding carboxylic acids is 1. The van der Waals surface area contributed by atoms with Crippen LogP contribution in [0.5, 0.6) is 0 Å². The molecule has 16 heavy (non-hydrogen) atoms. The molecule has 0 aliphatic carbocycles. The lowest BCUT2D eigenvalue weighted by atomic mass is 10.3. The van der Waals surface area contributed by atoms with Crippen LogP contribution in [0.4, 0.5) is 0 Å². The summed E-state index contributed by atoms with van der Waals surface area (Å²) in [7, 11) is 1.74. The van der Waals surface area contributed by atoms with Crippen LogP contribution in [0.25, 0.3) is 0 Å². The van der Waals surface area contributed by atoms with Gasteiger partial charge in [-0.1, -0.05) is 0 Å². The van der Waals surface area contributed by atoms with Gasteiger partial charge >= 0.3 is 5.97 Å². The maximum Gasteiger partial charge on any atom is 0.313 e. The molecule has 1 aromatic heterocycles. The SMILES string of the molecule is Cn1cc(C(=O)NCCSCC(=O)O)cn1. The van der Waals surface area contributed by atoms with Crippen molar-refractivity contribution < 1.29 is 14.7 Å². The molecule has 1 heterocycles. The molecule has 6 nitrogen and oxygen atoms in total. The lowest BCUT2D eigenvalue weighted by Gasteiger charge is -2.01. The van der Waals surface area contributed by atoms with E-state index in [0.717, 1.165) is 0 Å². The van der Waals surface area contributed by atoms with Gasteiger partial charge in [0, 0.05) is 25.5 Å². The number of hydrogen-bond acceptors (Lipinski definition) is 4. The molecule has 1 aromatic rings. The van der Waals surface area contributed by atoms with E-state index in [2.05, 4.69) is 10.4 Å². The summed E-state index contributed by atoms with van der Waals surface area (Å²) in [4.78, 5) is 21.7. The molecule has 0 aromatic carbocycles. The van der Waals surface area contributed by atoms with Crippen molar-refractivity contribution in [3.63, 3.8) is 0 Å². The Morgan fingerprint density at radius 2 is 2.38 bits per heavy atom. The van der Waals surface area contributed by atoms with Crippen LogP contribution in [0.1, 0.15) is 10.4 Å². The number of aliphatic carboxylic acids is 1. The lowest BCUT2D eigenvalue weighted by Crippen LogP contribution is -2.25. The summed E-state index contributed by atoms with van der Waals surface area (Å²) < 4.78 is 1.55. The van der Waals surface area contributed by atoms with Crippen molar-refractivity contribution >= 4 is 23.6 Å². The molecule has 0 atom stereocenters. The van der Waals surface area contributed by atoms with Crippen LogP contribution in [0.15, 0.2) is 12.4 Å². The first kappa shape index (κ1) is 12.6. The summed E-state index contributed by atoms with van der Waals surface area (Å²) >= 11 is 1.27. The zero-order valence-electron chi connectivity index (χ0n) is 8.84. The predicted molar refractivity (Wildman–Crippen MR) is 60.5 cm³/mol. The Morgan fingerprint density at radius 1 is 1.62 bits per heavy atom. The third-order valence-corrected chi connectivity index (χ3v) is 2.67. The average molecular weight is 243 g/mol. The summed E-state index contributed by atoms with van der Waals surface area (Å²) in [6.45, 7) is 0.450. The normalized spacial score (nSPS) is 10.1. The van der Waals surface area contributed by atoms with Gasteiger partial charge in [-0.15, -0.1) is 11.8 Å². The Kier molecular flexibility index (Phi) is 4.84. The number of carboxylic acid groups (broad SMARTS) is 1. The van der Waals surface area contributed by atoms with E-state index in [9.17, 15) is 9.59 Å². The maximum atomic E-state index is 11.5. The van der Waals surface area contributed by atoms with Crippen molar-refractivity contribution in [2.75, 3.05) is 18.1 Å². The molecule has 2 N–H and O–H groups in total. The van der Waals surface area contributed by atoms with E-state index in [1.165, 1.54) is 18.0 Å². The van der Waals surface area contributed by atoms with E-state index in [1.54, 1.807) is 17.9 Å². The second-order valence-electron chi connectivity index (χ2n) is 3.10. The lowest BCUT2D eigenvalue weighted by molar-refractivity contribution is -0.133. The summed E-state index contributed by atoms with van der Waals surface area (Å²) in [5.74, 6) is -0.395. The molecule has 0 radical (unpaired) electrons. The second-order valence-corrected chi connectivity index (χ2v) is 4.21. The summed E-state index contributed by atoms with van der Waals surface area (Å²) in [5, 5.41) is 14.9. The van der Waals surface area contributed by atoms with E-state index in [-0.39, 0.29) is 11.7 Å². The molecule has 88 valence electrons. The van der Waals surface area contributed by atoms with Crippen molar-refractivity contribution in [3.05, 3.63) is 18.0 Å². The number of aryl methyl sites for hydroxylation is 1. The number of rotatable bonds is 6. The minimum Gasteiger partial charge on any atom is -0.481 e. The Labute approximate surface area is 97.0 Å². The van der Waals surface area contributed by atoms with Gasteiger partial charge in [0.05, 0.1) is 17.5 Å². The first-order chi connectivity index (χ1) is 7.59. The number of carbonyl (C=O) groups is 2. The van der Waals surface area contributed by atoms with Gasteiger partial charge in [0.2, 0.25) is 0 Å². The minimum atomic E-state index is -0.844. The summed E-state index contributed by atoms with van der Waals surface area (Å²) in [5.41, 5.74) is 0.505. The van der Waals surface area contributed by atoms with Crippen LogP contribution in [0, 0.1) is 0 Å². The molecule has 7 heteroatoms. The van der Waals surface area contributed by atoms with E-state index < -0.39 is 5.97 Å². The van der Waals surface area contributed by atoms with Gasteiger partial charge in [-0.3, -0.25) is 14.3 Å².